The Hall–Kier alpha value is -2.65. The zero-order chi connectivity index (χ0) is 15.1. The number of aliphatic hydroxyl groups is 1. The number of fused-ring (bicyclic) bond motifs is 1. The molecule has 0 saturated heterocycles. The predicted octanol–water partition coefficient (Wildman–Crippen LogP) is 3.64. The van der Waals surface area contributed by atoms with Crippen molar-refractivity contribution < 1.29 is 15.0 Å². The van der Waals surface area contributed by atoms with Gasteiger partial charge in [0.2, 0.25) is 0 Å². The average Bonchev–Trinajstić information content (AvgIpc) is 2.55. The second kappa shape index (κ2) is 7.22. The molecule has 0 heterocycles. The van der Waals surface area contributed by atoms with Crippen LogP contribution in [-0.4, -0.2) is 16.2 Å². The Morgan fingerprint density at radius 1 is 0.714 bits per heavy atom. The molecule has 2 N–H and O–H groups in total. The van der Waals surface area contributed by atoms with E-state index in [2.05, 4.69) is 48.5 Å². The minimum Gasteiger partial charge on any atom is -0.479 e. The summed E-state index contributed by atoms with van der Waals surface area (Å²) in [7, 11) is 0. The monoisotopic (exact) mass is 280 g/mol. The molecule has 0 amide bonds. The molecule has 0 spiro atoms. The van der Waals surface area contributed by atoms with Crippen molar-refractivity contribution in [2.24, 2.45) is 0 Å². The van der Waals surface area contributed by atoms with Gasteiger partial charge < -0.3 is 10.2 Å². The van der Waals surface area contributed by atoms with Crippen LogP contribution in [-0.2, 0) is 4.79 Å². The first-order chi connectivity index (χ1) is 10.2. The first-order valence-electron chi connectivity index (χ1n) is 6.58. The summed E-state index contributed by atoms with van der Waals surface area (Å²) in [5.74, 6) is -1.23. The minimum atomic E-state index is -1.41. The van der Waals surface area contributed by atoms with E-state index in [-0.39, 0.29) is 0 Å². The lowest BCUT2D eigenvalue weighted by Gasteiger charge is -2.03. The highest BCUT2D eigenvalue weighted by atomic mass is 16.4. The molecule has 1 atom stereocenters. The number of carbonyl (C=O) groups is 1. The van der Waals surface area contributed by atoms with Crippen LogP contribution in [0.2, 0.25) is 0 Å². The molecule has 0 aliphatic rings. The topological polar surface area (TPSA) is 57.5 Å². The first-order valence-corrected chi connectivity index (χ1v) is 6.58. The van der Waals surface area contributed by atoms with E-state index in [9.17, 15) is 4.79 Å². The van der Waals surface area contributed by atoms with Gasteiger partial charge in [-0.3, -0.25) is 0 Å². The maximum atomic E-state index is 10.2. The molecule has 106 valence electrons. The van der Waals surface area contributed by atoms with Crippen LogP contribution >= 0.6 is 0 Å². The van der Waals surface area contributed by atoms with E-state index in [0.717, 1.165) is 0 Å². The molecule has 0 aromatic heterocycles. The number of carboxylic acids is 1. The molecule has 0 aliphatic carbocycles. The van der Waals surface area contributed by atoms with Crippen molar-refractivity contribution in [3.8, 4) is 0 Å². The highest BCUT2D eigenvalue weighted by Gasteiger charge is 2.14. The number of benzene rings is 3. The highest BCUT2D eigenvalue weighted by Crippen LogP contribution is 2.11. The molecule has 3 aromatic carbocycles. The van der Waals surface area contributed by atoms with Crippen LogP contribution in [0.15, 0.2) is 78.9 Å². The summed E-state index contributed by atoms with van der Waals surface area (Å²) < 4.78 is 0. The van der Waals surface area contributed by atoms with Crippen LogP contribution in [0.1, 0.15) is 11.7 Å². The van der Waals surface area contributed by atoms with Crippen molar-refractivity contribution in [1.82, 2.24) is 0 Å². The van der Waals surface area contributed by atoms with E-state index in [4.69, 9.17) is 10.2 Å². The van der Waals surface area contributed by atoms with Gasteiger partial charge in [0, 0.05) is 0 Å². The molecule has 3 heteroatoms. The summed E-state index contributed by atoms with van der Waals surface area (Å²) >= 11 is 0. The Morgan fingerprint density at radius 3 is 1.48 bits per heavy atom. The number of hydrogen-bond donors (Lipinski definition) is 2. The predicted molar refractivity (Wildman–Crippen MR) is 83.0 cm³/mol. The average molecular weight is 280 g/mol. The number of aliphatic carboxylic acids is 1. The van der Waals surface area contributed by atoms with Crippen molar-refractivity contribution in [2.45, 2.75) is 6.10 Å². The van der Waals surface area contributed by atoms with Crippen LogP contribution in [0.25, 0.3) is 10.8 Å². The summed E-state index contributed by atoms with van der Waals surface area (Å²) in [4.78, 5) is 10.2. The second-order valence-electron chi connectivity index (χ2n) is 4.50. The molecular formula is C18H16O3. The van der Waals surface area contributed by atoms with Gasteiger partial charge in [0.25, 0.3) is 0 Å². The first kappa shape index (κ1) is 14.8. The Morgan fingerprint density at radius 2 is 1.10 bits per heavy atom. The molecule has 3 nitrogen and oxygen atoms in total. The minimum absolute atomic E-state index is 0.403. The van der Waals surface area contributed by atoms with Crippen molar-refractivity contribution in [3.05, 3.63) is 84.4 Å². The molecule has 0 saturated carbocycles. The summed E-state index contributed by atoms with van der Waals surface area (Å²) in [5, 5.41) is 20.0. The smallest absolute Gasteiger partial charge is 0.337 e. The summed E-state index contributed by atoms with van der Waals surface area (Å²) in [5.41, 5.74) is 0.403. The van der Waals surface area contributed by atoms with Crippen molar-refractivity contribution in [1.29, 1.82) is 0 Å². The van der Waals surface area contributed by atoms with Crippen molar-refractivity contribution >= 4 is 16.7 Å². The molecule has 0 bridgehead atoms. The van der Waals surface area contributed by atoms with Crippen LogP contribution in [0.3, 0.4) is 0 Å². The van der Waals surface area contributed by atoms with E-state index < -0.39 is 12.1 Å². The van der Waals surface area contributed by atoms with Crippen LogP contribution < -0.4 is 0 Å². The molecule has 3 rings (SSSR count). The molecule has 21 heavy (non-hydrogen) atoms. The van der Waals surface area contributed by atoms with Crippen LogP contribution in [0.5, 0.6) is 0 Å². The maximum Gasteiger partial charge on any atom is 0.337 e. The Kier molecular flexibility index (Phi) is 5.07. The Bertz CT molecular complexity index is 642. The molecule has 0 fully saturated rings. The second-order valence-corrected chi connectivity index (χ2v) is 4.50. The Balaban J connectivity index is 0.000000154. The Labute approximate surface area is 123 Å². The summed E-state index contributed by atoms with van der Waals surface area (Å²) in [6, 6.07) is 25.0. The third kappa shape index (κ3) is 4.16. The van der Waals surface area contributed by atoms with E-state index in [1.165, 1.54) is 10.8 Å². The number of rotatable bonds is 2. The number of carboxylic acid groups (broad SMARTS) is 1. The van der Waals surface area contributed by atoms with E-state index >= 15 is 0 Å². The van der Waals surface area contributed by atoms with Gasteiger partial charge in [0.05, 0.1) is 0 Å². The van der Waals surface area contributed by atoms with Gasteiger partial charge in [-0.1, -0.05) is 78.9 Å². The summed E-state index contributed by atoms with van der Waals surface area (Å²) in [6.45, 7) is 0. The molecule has 3 aromatic rings. The van der Waals surface area contributed by atoms with Gasteiger partial charge in [-0.2, -0.15) is 0 Å². The molecular weight excluding hydrogens is 264 g/mol. The standard InChI is InChI=1S/C10H8.C8H8O3/c1-2-6-10-8-4-3-7-9(10)5-1;9-7(8(10)11)6-4-2-1-3-5-6/h1-8H;1-5,7,9H,(H,10,11). The number of hydrogen-bond acceptors (Lipinski definition) is 2. The highest BCUT2D eigenvalue weighted by molar-refractivity contribution is 5.82. The van der Waals surface area contributed by atoms with Gasteiger partial charge in [0.15, 0.2) is 6.10 Å². The normalized spacial score (nSPS) is 11.3. The lowest BCUT2D eigenvalue weighted by Crippen LogP contribution is -2.09. The van der Waals surface area contributed by atoms with Gasteiger partial charge in [0.1, 0.15) is 0 Å². The van der Waals surface area contributed by atoms with E-state index in [1.54, 1.807) is 30.3 Å². The molecule has 1 unspecified atom stereocenters. The number of aliphatic hydroxyl groups excluding tert-OH is 1. The lowest BCUT2D eigenvalue weighted by molar-refractivity contribution is -0.146. The molecule has 0 radical (unpaired) electrons. The van der Waals surface area contributed by atoms with Gasteiger partial charge >= 0.3 is 5.97 Å². The zero-order valence-electron chi connectivity index (χ0n) is 11.4. The quantitative estimate of drug-likeness (QED) is 0.753. The van der Waals surface area contributed by atoms with Gasteiger partial charge in [-0.25, -0.2) is 4.79 Å². The third-order valence-electron chi connectivity index (χ3n) is 3.01. The SMILES string of the molecule is O=C(O)C(O)c1ccccc1.c1ccc2ccccc2c1. The fourth-order valence-corrected chi connectivity index (χ4v) is 1.91. The van der Waals surface area contributed by atoms with Gasteiger partial charge in [-0.05, 0) is 16.3 Å². The summed E-state index contributed by atoms with van der Waals surface area (Å²) in [6.07, 6.45) is -1.41. The van der Waals surface area contributed by atoms with E-state index in [1.807, 2.05) is 0 Å². The largest absolute Gasteiger partial charge is 0.479 e. The van der Waals surface area contributed by atoms with Crippen LogP contribution in [0.4, 0.5) is 0 Å². The molecule has 0 aliphatic heterocycles. The maximum absolute atomic E-state index is 10.2. The van der Waals surface area contributed by atoms with Crippen molar-refractivity contribution in [3.63, 3.8) is 0 Å². The fraction of sp³-hybridized carbons (Fsp3) is 0.0556. The van der Waals surface area contributed by atoms with E-state index in [0.29, 0.717) is 5.56 Å². The van der Waals surface area contributed by atoms with Gasteiger partial charge in [-0.15, -0.1) is 0 Å². The lowest BCUT2D eigenvalue weighted by atomic mass is 10.1. The fourth-order valence-electron chi connectivity index (χ4n) is 1.91. The van der Waals surface area contributed by atoms with Crippen LogP contribution in [0, 0.1) is 0 Å². The van der Waals surface area contributed by atoms with Crippen molar-refractivity contribution in [2.75, 3.05) is 0 Å². The zero-order valence-corrected chi connectivity index (χ0v) is 11.4. The third-order valence-corrected chi connectivity index (χ3v) is 3.01.